The number of hydrogen-bond acceptors (Lipinski definition) is 2. The van der Waals surface area contributed by atoms with E-state index in [0.717, 1.165) is 36.0 Å². The Hall–Kier alpha value is -1.61. The van der Waals surface area contributed by atoms with Crippen molar-refractivity contribution in [3.8, 4) is 0 Å². The van der Waals surface area contributed by atoms with Gasteiger partial charge in [0, 0.05) is 0 Å². The van der Waals surface area contributed by atoms with Gasteiger partial charge in [-0.1, -0.05) is 23.8 Å². The molecule has 0 saturated carbocycles. The number of sulfone groups is 1. The van der Waals surface area contributed by atoms with Gasteiger partial charge in [-0.05, 0) is 80.8 Å². The lowest BCUT2D eigenvalue weighted by Gasteiger charge is -2.18. The van der Waals surface area contributed by atoms with E-state index < -0.39 is 9.84 Å². The van der Waals surface area contributed by atoms with Crippen molar-refractivity contribution in [2.75, 3.05) is 0 Å². The summed E-state index contributed by atoms with van der Waals surface area (Å²) in [4.78, 5) is 0.900. The van der Waals surface area contributed by atoms with Gasteiger partial charge in [0.2, 0.25) is 9.84 Å². The molecule has 0 N–H and O–H groups in total. The minimum atomic E-state index is -3.45. The fourth-order valence-corrected chi connectivity index (χ4v) is 5.33. The highest BCUT2D eigenvalue weighted by atomic mass is 32.2. The zero-order valence-electron chi connectivity index (χ0n) is 13.4. The quantitative estimate of drug-likeness (QED) is 0.827. The van der Waals surface area contributed by atoms with E-state index in [1.54, 1.807) is 6.07 Å². The standard InChI is InChI=1S/C19H22O2S/c1-13-10-14(2)19(15(3)11-13)22(20,21)18-9-8-16-6-4-5-7-17(16)12-18/h8-12H,4-7H2,1-3H3. The lowest BCUT2D eigenvalue weighted by Crippen LogP contribution is -2.09. The van der Waals surface area contributed by atoms with Crippen molar-refractivity contribution in [1.82, 2.24) is 0 Å². The Morgan fingerprint density at radius 1 is 0.818 bits per heavy atom. The third-order valence-corrected chi connectivity index (χ3v) is 6.56. The molecule has 0 fully saturated rings. The molecule has 0 heterocycles. The van der Waals surface area contributed by atoms with Crippen molar-refractivity contribution >= 4 is 9.84 Å². The van der Waals surface area contributed by atoms with Crippen LogP contribution in [0.1, 0.15) is 40.7 Å². The van der Waals surface area contributed by atoms with Crippen molar-refractivity contribution in [2.45, 2.75) is 56.2 Å². The molecule has 0 spiro atoms. The minimum Gasteiger partial charge on any atom is -0.218 e. The monoisotopic (exact) mass is 314 g/mol. The SMILES string of the molecule is Cc1cc(C)c(S(=O)(=O)c2ccc3c(c2)CCCC3)c(C)c1. The number of fused-ring (bicyclic) bond motifs is 1. The van der Waals surface area contributed by atoms with Crippen LogP contribution in [0.5, 0.6) is 0 Å². The number of aryl methyl sites for hydroxylation is 5. The summed E-state index contributed by atoms with van der Waals surface area (Å²) in [5, 5.41) is 0. The largest absolute Gasteiger partial charge is 0.218 e. The molecule has 0 aliphatic heterocycles. The maximum atomic E-state index is 13.1. The minimum absolute atomic E-state index is 0.434. The van der Waals surface area contributed by atoms with Crippen LogP contribution in [0.15, 0.2) is 40.1 Å². The zero-order valence-corrected chi connectivity index (χ0v) is 14.3. The van der Waals surface area contributed by atoms with Crippen LogP contribution >= 0.6 is 0 Å². The van der Waals surface area contributed by atoms with E-state index >= 15 is 0 Å². The molecule has 0 bridgehead atoms. The second-order valence-electron chi connectivity index (χ2n) is 6.37. The molecule has 3 heteroatoms. The van der Waals surface area contributed by atoms with Crippen LogP contribution in [-0.2, 0) is 22.7 Å². The molecule has 0 unspecified atom stereocenters. The maximum absolute atomic E-state index is 13.1. The summed E-state index contributed by atoms with van der Waals surface area (Å²) in [5.41, 5.74) is 5.27. The van der Waals surface area contributed by atoms with Gasteiger partial charge in [-0.25, -0.2) is 8.42 Å². The Morgan fingerprint density at radius 3 is 2.05 bits per heavy atom. The van der Waals surface area contributed by atoms with Gasteiger partial charge in [0.15, 0.2) is 0 Å². The van der Waals surface area contributed by atoms with E-state index in [2.05, 4.69) is 0 Å². The van der Waals surface area contributed by atoms with Crippen LogP contribution in [0, 0.1) is 20.8 Å². The zero-order chi connectivity index (χ0) is 15.9. The van der Waals surface area contributed by atoms with Crippen molar-refractivity contribution in [1.29, 1.82) is 0 Å². The molecule has 22 heavy (non-hydrogen) atoms. The van der Waals surface area contributed by atoms with Crippen LogP contribution in [0.2, 0.25) is 0 Å². The Balaban J connectivity index is 2.15. The predicted molar refractivity (Wildman–Crippen MR) is 89.2 cm³/mol. The summed E-state index contributed by atoms with van der Waals surface area (Å²) in [5.74, 6) is 0. The average Bonchev–Trinajstić information content (AvgIpc) is 2.45. The van der Waals surface area contributed by atoms with Crippen molar-refractivity contribution in [2.24, 2.45) is 0 Å². The number of rotatable bonds is 2. The summed E-state index contributed by atoms with van der Waals surface area (Å²) in [6.07, 6.45) is 4.41. The molecule has 2 aromatic rings. The number of benzene rings is 2. The molecule has 2 aromatic carbocycles. The van der Waals surface area contributed by atoms with Crippen LogP contribution in [-0.4, -0.2) is 8.42 Å². The van der Waals surface area contributed by atoms with E-state index in [9.17, 15) is 8.42 Å². The van der Waals surface area contributed by atoms with Gasteiger partial charge in [0.05, 0.1) is 9.79 Å². The maximum Gasteiger partial charge on any atom is 0.207 e. The second-order valence-corrected chi connectivity index (χ2v) is 8.26. The normalized spacial score (nSPS) is 14.7. The molecule has 116 valence electrons. The lowest BCUT2D eigenvalue weighted by molar-refractivity contribution is 0.594. The Morgan fingerprint density at radius 2 is 1.41 bits per heavy atom. The summed E-state index contributed by atoms with van der Waals surface area (Å²) >= 11 is 0. The smallest absolute Gasteiger partial charge is 0.207 e. The topological polar surface area (TPSA) is 34.1 Å². The molecule has 0 saturated heterocycles. The molecule has 3 rings (SSSR count). The second kappa shape index (κ2) is 5.54. The summed E-state index contributed by atoms with van der Waals surface area (Å²) in [6.45, 7) is 5.76. The van der Waals surface area contributed by atoms with Crippen molar-refractivity contribution < 1.29 is 8.42 Å². The Kier molecular flexibility index (Phi) is 3.85. The predicted octanol–water partition coefficient (Wildman–Crippen LogP) is 4.32. The van der Waals surface area contributed by atoms with Crippen LogP contribution < -0.4 is 0 Å². The molecule has 0 aromatic heterocycles. The van der Waals surface area contributed by atoms with Crippen LogP contribution in [0.25, 0.3) is 0 Å². The lowest BCUT2D eigenvalue weighted by atomic mass is 9.92. The molecule has 1 aliphatic carbocycles. The van der Waals surface area contributed by atoms with Crippen LogP contribution in [0.4, 0.5) is 0 Å². The van der Waals surface area contributed by atoms with E-state index in [-0.39, 0.29) is 0 Å². The Bertz CT molecular complexity index is 810. The van der Waals surface area contributed by atoms with Crippen molar-refractivity contribution in [3.05, 3.63) is 58.1 Å². The molecule has 0 amide bonds. The van der Waals surface area contributed by atoms with Crippen LogP contribution in [0.3, 0.4) is 0 Å². The van der Waals surface area contributed by atoms with Gasteiger partial charge in [-0.2, -0.15) is 0 Å². The fourth-order valence-electron chi connectivity index (χ4n) is 3.59. The molecule has 0 atom stereocenters. The Labute approximate surface area is 133 Å². The third kappa shape index (κ3) is 2.58. The van der Waals surface area contributed by atoms with Gasteiger partial charge < -0.3 is 0 Å². The van der Waals surface area contributed by atoms with E-state index in [1.165, 1.54) is 17.5 Å². The summed E-state index contributed by atoms with van der Waals surface area (Å²) in [6, 6.07) is 9.55. The molecule has 1 aliphatic rings. The fraction of sp³-hybridized carbons (Fsp3) is 0.368. The molecule has 2 nitrogen and oxygen atoms in total. The summed E-state index contributed by atoms with van der Waals surface area (Å²) < 4.78 is 26.1. The first kappa shape index (κ1) is 15.3. The summed E-state index contributed by atoms with van der Waals surface area (Å²) in [7, 11) is -3.45. The van der Waals surface area contributed by atoms with Gasteiger partial charge in [0.25, 0.3) is 0 Å². The van der Waals surface area contributed by atoms with Gasteiger partial charge in [-0.15, -0.1) is 0 Å². The third-order valence-electron chi connectivity index (χ3n) is 4.50. The first-order valence-corrected chi connectivity index (χ1v) is 9.32. The van der Waals surface area contributed by atoms with Gasteiger partial charge in [0.1, 0.15) is 0 Å². The first-order chi connectivity index (χ1) is 10.4. The van der Waals surface area contributed by atoms with Gasteiger partial charge in [-0.3, -0.25) is 0 Å². The highest BCUT2D eigenvalue weighted by molar-refractivity contribution is 7.91. The highest BCUT2D eigenvalue weighted by Crippen LogP contribution is 2.31. The average molecular weight is 314 g/mol. The first-order valence-electron chi connectivity index (χ1n) is 7.84. The van der Waals surface area contributed by atoms with Gasteiger partial charge >= 0.3 is 0 Å². The number of hydrogen-bond donors (Lipinski definition) is 0. The molecular weight excluding hydrogens is 292 g/mol. The highest BCUT2D eigenvalue weighted by Gasteiger charge is 2.23. The van der Waals surface area contributed by atoms with E-state index in [0.29, 0.717) is 9.79 Å². The molecule has 0 radical (unpaired) electrons. The van der Waals surface area contributed by atoms with E-state index in [4.69, 9.17) is 0 Å². The molecular formula is C19H22O2S. The van der Waals surface area contributed by atoms with Crippen molar-refractivity contribution in [3.63, 3.8) is 0 Å². The van der Waals surface area contributed by atoms with E-state index in [1.807, 2.05) is 45.0 Å².